The summed E-state index contributed by atoms with van der Waals surface area (Å²) in [6.07, 6.45) is 6.40. The van der Waals surface area contributed by atoms with Crippen molar-refractivity contribution in [2.45, 2.75) is 50.3 Å². The summed E-state index contributed by atoms with van der Waals surface area (Å²) in [6.45, 7) is 1.70. The number of β-amino-alcohol motifs (C(OH)–C–C–N with tert-alkyl or cyclic N) is 1. The van der Waals surface area contributed by atoms with Crippen LogP contribution in [0, 0.1) is 0 Å². The third kappa shape index (κ3) is 7.84. The quantitative estimate of drug-likeness (QED) is 0.187. The summed E-state index contributed by atoms with van der Waals surface area (Å²) in [4.78, 5) is 36.5. The third-order valence-electron chi connectivity index (χ3n) is 4.84. The molecule has 1 aliphatic rings. The Balaban J connectivity index is 2.05. The highest BCUT2D eigenvalue weighted by Gasteiger charge is 2.31. The maximum absolute atomic E-state index is 12.3. The first-order chi connectivity index (χ1) is 15.7. The van der Waals surface area contributed by atoms with Gasteiger partial charge < -0.3 is 15.2 Å². The number of hydrogen-bond donors (Lipinski definition) is 4. The Hall–Kier alpha value is -2.96. The fourth-order valence-corrected chi connectivity index (χ4v) is 3.81. The number of unbranched alkanes of at least 4 members (excludes halogenated alkanes) is 5. The van der Waals surface area contributed by atoms with Crippen LogP contribution in [-0.2, 0) is 24.4 Å². The van der Waals surface area contributed by atoms with Crippen LogP contribution in [-0.4, -0.2) is 60.6 Å². The van der Waals surface area contributed by atoms with E-state index in [-0.39, 0.29) is 30.2 Å². The van der Waals surface area contributed by atoms with E-state index in [0.29, 0.717) is 0 Å². The van der Waals surface area contributed by atoms with E-state index in [0.717, 1.165) is 49.1 Å². The lowest BCUT2D eigenvalue weighted by atomic mass is 10.1. The highest BCUT2D eigenvalue weighted by Crippen LogP contribution is 2.28. The van der Waals surface area contributed by atoms with Crippen molar-refractivity contribution >= 4 is 39.4 Å². The molecule has 1 aromatic carbocycles. The molecule has 0 fully saturated rings. The van der Waals surface area contributed by atoms with Crippen molar-refractivity contribution in [2.75, 3.05) is 30.4 Å². The second-order valence-electron chi connectivity index (χ2n) is 7.42. The molecule has 11 nitrogen and oxygen atoms in total. The first kappa shape index (κ1) is 26.3. The molecule has 0 bridgehead atoms. The van der Waals surface area contributed by atoms with E-state index in [1.807, 2.05) is 0 Å². The molecule has 0 spiro atoms. The highest BCUT2D eigenvalue weighted by atomic mass is 32.2. The summed E-state index contributed by atoms with van der Waals surface area (Å²) in [5.41, 5.74) is -0.340. The fourth-order valence-electron chi connectivity index (χ4n) is 3.19. The molecule has 12 heteroatoms. The van der Waals surface area contributed by atoms with Crippen molar-refractivity contribution in [3.8, 4) is 0 Å². The number of carbonyl (C=O) groups is 3. The van der Waals surface area contributed by atoms with E-state index in [4.69, 9.17) is 9.84 Å². The minimum atomic E-state index is -4.69. The van der Waals surface area contributed by atoms with E-state index in [1.165, 1.54) is 18.6 Å². The minimum Gasteiger partial charge on any atom is -0.449 e. The second kappa shape index (κ2) is 12.3. The zero-order valence-electron chi connectivity index (χ0n) is 18.4. The molecular weight excluding hydrogens is 454 g/mol. The molecule has 182 valence electrons. The van der Waals surface area contributed by atoms with Gasteiger partial charge in [0.15, 0.2) is 0 Å². The lowest BCUT2D eigenvalue weighted by Gasteiger charge is -2.15. The van der Waals surface area contributed by atoms with Crippen LogP contribution >= 0.6 is 0 Å². The van der Waals surface area contributed by atoms with E-state index >= 15 is 0 Å². The number of benzene rings is 1. The summed E-state index contributed by atoms with van der Waals surface area (Å²) in [7, 11) is -4.69. The average Bonchev–Trinajstić information content (AvgIpc) is 3.00. The Morgan fingerprint density at radius 2 is 1.82 bits per heavy atom. The molecule has 1 aliphatic heterocycles. The van der Waals surface area contributed by atoms with Crippen LogP contribution in [0.5, 0.6) is 0 Å². The number of anilines is 2. The number of amides is 3. The molecular formula is C21H29N3O8S. The minimum absolute atomic E-state index is 0.141. The fraction of sp³-hybridized carbons (Fsp3) is 0.476. The molecule has 0 aromatic heterocycles. The Bertz CT molecular complexity index is 1010. The van der Waals surface area contributed by atoms with Gasteiger partial charge in [0.05, 0.1) is 25.4 Å². The largest absolute Gasteiger partial charge is 0.449 e. The Morgan fingerprint density at radius 3 is 2.48 bits per heavy atom. The number of nitrogens with one attached hydrogen (secondary N) is 2. The van der Waals surface area contributed by atoms with Gasteiger partial charge in [-0.1, -0.05) is 39.0 Å². The smallest absolute Gasteiger partial charge is 0.411 e. The predicted octanol–water partition coefficient (Wildman–Crippen LogP) is 2.50. The summed E-state index contributed by atoms with van der Waals surface area (Å²) >= 11 is 0. The van der Waals surface area contributed by atoms with Gasteiger partial charge in [-0.05, 0) is 24.6 Å². The molecule has 0 aliphatic carbocycles. The number of aliphatic hydroxyl groups is 1. The van der Waals surface area contributed by atoms with Crippen molar-refractivity contribution in [1.82, 2.24) is 4.90 Å². The molecule has 4 N–H and O–H groups in total. The maximum Gasteiger partial charge on any atom is 0.411 e. The van der Waals surface area contributed by atoms with Gasteiger partial charge in [0.25, 0.3) is 21.9 Å². The number of nitrogens with zero attached hydrogens (tertiary/aromatic N) is 1. The summed E-state index contributed by atoms with van der Waals surface area (Å²) in [5, 5.41) is 13.9. The molecule has 0 atom stereocenters. The van der Waals surface area contributed by atoms with Crippen molar-refractivity contribution < 1.29 is 37.2 Å². The Labute approximate surface area is 192 Å². The lowest BCUT2D eigenvalue weighted by Crippen LogP contribution is -2.34. The van der Waals surface area contributed by atoms with Crippen molar-refractivity contribution in [1.29, 1.82) is 0 Å². The van der Waals surface area contributed by atoms with Crippen molar-refractivity contribution in [3.63, 3.8) is 0 Å². The topological polar surface area (TPSA) is 162 Å². The van der Waals surface area contributed by atoms with Crippen LogP contribution in [0.15, 0.2) is 34.9 Å². The van der Waals surface area contributed by atoms with Crippen LogP contribution in [0.1, 0.15) is 45.4 Å². The van der Waals surface area contributed by atoms with E-state index in [1.54, 1.807) is 0 Å². The molecule has 0 saturated carbocycles. The first-order valence-corrected chi connectivity index (χ1v) is 12.1. The lowest BCUT2D eigenvalue weighted by molar-refractivity contribution is -0.137. The van der Waals surface area contributed by atoms with Crippen LogP contribution in [0.2, 0.25) is 0 Å². The van der Waals surface area contributed by atoms with Gasteiger partial charge in [0.1, 0.15) is 10.6 Å². The van der Waals surface area contributed by atoms with E-state index in [9.17, 15) is 27.4 Å². The molecule has 1 heterocycles. The maximum atomic E-state index is 12.3. The molecule has 2 rings (SSSR count). The van der Waals surface area contributed by atoms with Gasteiger partial charge in [-0.2, -0.15) is 8.42 Å². The number of ether oxygens (including phenoxy) is 1. The number of rotatable bonds is 13. The summed E-state index contributed by atoms with van der Waals surface area (Å²) < 4.78 is 38.1. The molecule has 33 heavy (non-hydrogen) atoms. The van der Waals surface area contributed by atoms with Crippen LogP contribution in [0.3, 0.4) is 0 Å². The summed E-state index contributed by atoms with van der Waals surface area (Å²) in [5.74, 6) is -1.45. The molecule has 0 radical (unpaired) electrons. The van der Waals surface area contributed by atoms with Crippen LogP contribution in [0.25, 0.3) is 0 Å². The monoisotopic (exact) mass is 483 g/mol. The Kier molecular flexibility index (Phi) is 9.82. The normalized spacial score (nSPS) is 13.8. The third-order valence-corrected chi connectivity index (χ3v) is 5.75. The molecule has 0 unspecified atom stereocenters. The van der Waals surface area contributed by atoms with Gasteiger partial charge in [-0.25, -0.2) is 4.79 Å². The summed E-state index contributed by atoms with van der Waals surface area (Å²) in [6, 6.07) is 3.46. The Morgan fingerprint density at radius 1 is 1.12 bits per heavy atom. The van der Waals surface area contributed by atoms with Gasteiger partial charge >= 0.3 is 6.09 Å². The average molecular weight is 484 g/mol. The van der Waals surface area contributed by atoms with E-state index in [2.05, 4.69) is 17.6 Å². The zero-order chi connectivity index (χ0) is 24.4. The van der Waals surface area contributed by atoms with Gasteiger partial charge in [-0.3, -0.25) is 24.4 Å². The number of aliphatic hydroxyl groups excluding tert-OH is 1. The number of imide groups is 1. The van der Waals surface area contributed by atoms with E-state index < -0.39 is 39.5 Å². The zero-order valence-corrected chi connectivity index (χ0v) is 19.2. The standard InChI is InChI=1S/C21H29N3O8S/c1-2-3-4-5-6-7-12-32-21(28)22-15-8-9-18(33(29,30)31)16(13-15)23-17-14-19(26)24(10-11-25)20(17)27/h8-9,13-14,23,25H,2-7,10-12H2,1H3,(H,22,28)(H,29,30,31). The van der Waals surface area contributed by atoms with Gasteiger partial charge in [-0.15, -0.1) is 0 Å². The SMILES string of the molecule is CCCCCCCCOC(=O)Nc1ccc(S(=O)(=O)O)c(NC2=CC(=O)N(CCO)C2=O)c1. The number of carbonyl (C=O) groups excluding carboxylic acids is 3. The second-order valence-corrected chi connectivity index (χ2v) is 8.81. The van der Waals surface area contributed by atoms with Crippen LogP contribution in [0.4, 0.5) is 16.2 Å². The van der Waals surface area contributed by atoms with Crippen molar-refractivity contribution in [2.24, 2.45) is 0 Å². The van der Waals surface area contributed by atoms with Gasteiger partial charge in [0, 0.05) is 11.8 Å². The molecule has 0 saturated heterocycles. The highest BCUT2D eigenvalue weighted by molar-refractivity contribution is 7.86. The molecule has 3 amide bonds. The first-order valence-electron chi connectivity index (χ1n) is 10.7. The predicted molar refractivity (Wildman–Crippen MR) is 120 cm³/mol. The number of hydrogen-bond acceptors (Lipinski definition) is 8. The van der Waals surface area contributed by atoms with Crippen molar-refractivity contribution in [3.05, 3.63) is 30.0 Å². The van der Waals surface area contributed by atoms with Gasteiger partial charge in [0.2, 0.25) is 0 Å². The van der Waals surface area contributed by atoms with Crippen LogP contribution < -0.4 is 10.6 Å². The molecule has 1 aromatic rings.